The molecular formula is C32H41N5O4S. The lowest BCUT2D eigenvalue weighted by molar-refractivity contribution is 0.0502. The summed E-state index contributed by atoms with van der Waals surface area (Å²) in [5.74, 6) is 1.04. The summed E-state index contributed by atoms with van der Waals surface area (Å²) < 4.78 is 15.2. The number of carbonyl (C=O) groups is 1. The zero-order valence-electron chi connectivity index (χ0n) is 25.3. The molecule has 0 radical (unpaired) electrons. The summed E-state index contributed by atoms with van der Waals surface area (Å²) in [5, 5.41) is 3.82. The van der Waals surface area contributed by atoms with Crippen molar-refractivity contribution in [3.63, 3.8) is 0 Å². The van der Waals surface area contributed by atoms with Gasteiger partial charge in [0.25, 0.3) is 5.56 Å². The van der Waals surface area contributed by atoms with Gasteiger partial charge in [0.2, 0.25) is 0 Å². The Morgan fingerprint density at radius 1 is 1.05 bits per heavy atom. The van der Waals surface area contributed by atoms with Crippen molar-refractivity contribution >= 4 is 27.2 Å². The number of amides is 1. The summed E-state index contributed by atoms with van der Waals surface area (Å²) in [6.45, 7) is 6.84. The number of benzene rings is 1. The number of rotatable bonds is 9. The minimum atomic E-state index is -0.700. The molecule has 9 nitrogen and oxygen atoms in total. The zero-order valence-corrected chi connectivity index (χ0v) is 26.2. The molecule has 3 heterocycles. The smallest absolute Gasteiger partial charge is 0.407 e. The second-order valence-corrected chi connectivity index (χ2v) is 17.5. The number of pyridine rings is 1. The standard InChI is InChI=1S/C32H41N5O4S/c1-31(2,3)41-30(39)33-20-32(17-23-9-7-8-10-24(23)18-32)37-19-25(11-12-27(37)38)28-26-13-14-36(29(26)35-21-34-28)22-40-15-16-42(4,5)6/h7-14,19,21H,15-18,20,22H2,1-6H3,(H,33,39). The second-order valence-electron chi connectivity index (χ2n) is 12.9. The maximum Gasteiger partial charge on any atom is 0.407 e. The fourth-order valence-corrected chi connectivity index (χ4v) is 6.03. The van der Waals surface area contributed by atoms with E-state index in [4.69, 9.17) is 9.47 Å². The van der Waals surface area contributed by atoms with Gasteiger partial charge in [0.15, 0.2) is 0 Å². The summed E-state index contributed by atoms with van der Waals surface area (Å²) in [7, 11) is -0.623. The normalized spacial score (nSPS) is 15.0. The fourth-order valence-electron chi connectivity index (χ4n) is 5.41. The molecule has 0 aliphatic heterocycles. The Kier molecular flexibility index (Phi) is 8.22. The van der Waals surface area contributed by atoms with Gasteiger partial charge in [-0.25, -0.2) is 24.8 Å². The van der Waals surface area contributed by atoms with Crippen molar-refractivity contribution in [2.75, 3.05) is 37.7 Å². The molecule has 1 aromatic carbocycles. The van der Waals surface area contributed by atoms with E-state index in [-0.39, 0.29) is 12.1 Å². The van der Waals surface area contributed by atoms with Crippen LogP contribution >= 0.6 is 10.0 Å². The molecule has 0 saturated carbocycles. The molecule has 0 atom stereocenters. The third-order valence-corrected chi connectivity index (χ3v) is 8.83. The number of carbonyl (C=O) groups excluding carboxylic acids is 1. The van der Waals surface area contributed by atoms with Crippen LogP contribution in [-0.2, 0) is 34.6 Å². The van der Waals surface area contributed by atoms with E-state index in [0.29, 0.717) is 26.2 Å². The molecule has 3 aromatic heterocycles. The van der Waals surface area contributed by atoms with Gasteiger partial charge in [-0.1, -0.05) is 24.3 Å². The van der Waals surface area contributed by atoms with E-state index >= 15 is 0 Å². The van der Waals surface area contributed by atoms with E-state index in [1.807, 2.05) is 55.9 Å². The number of ether oxygens (including phenoxy) is 2. The Hall–Kier alpha value is -3.63. The van der Waals surface area contributed by atoms with Gasteiger partial charge in [0.05, 0.1) is 17.8 Å². The van der Waals surface area contributed by atoms with Crippen LogP contribution in [0.3, 0.4) is 0 Å². The highest BCUT2D eigenvalue weighted by atomic mass is 32.3. The van der Waals surface area contributed by atoms with E-state index in [2.05, 4.69) is 46.2 Å². The van der Waals surface area contributed by atoms with Crippen molar-refractivity contribution in [1.82, 2.24) is 24.4 Å². The van der Waals surface area contributed by atoms with Gasteiger partial charge < -0.3 is 23.9 Å². The minimum Gasteiger partial charge on any atom is -0.444 e. The van der Waals surface area contributed by atoms with Crippen molar-refractivity contribution in [1.29, 1.82) is 0 Å². The number of hydrogen-bond acceptors (Lipinski definition) is 6. The van der Waals surface area contributed by atoms with Crippen LogP contribution in [0.5, 0.6) is 0 Å². The summed E-state index contributed by atoms with van der Waals surface area (Å²) >= 11 is 0. The van der Waals surface area contributed by atoms with Gasteiger partial charge in [0, 0.05) is 41.7 Å². The van der Waals surface area contributed by atoms with E-state index in [1.54, 1.807) is 23.0 Å². The molecule has 5 rings (SSSR count). The van der Waals surface area contributed by atoms with E-state index < -0.39 is 27.3 Å². The molecule has 224 valence electrons. The first-order chi connectivity index (χ1) is 19.8. The first-order valence-corrected chi connectivity index (χ1v) is 17.2. The molecule has 1 N–H and O–H groups in total. The summed E-state index contributed by atoms with van der Waals surface area (Å²) in [5.41, 5.74) is 3.16. The molecule has 0 saturated heterocycles. The molecular weight excluding hydrogens is 550 g/mol. The van der Waals surface area contributed by atoms with Gasteiger partial charge in [-0.05, 0) is 75.6 Å². The van der Waals surface area contributed by atoms with Crippen molar-refractivity contribution in [3.05, 3.63) is 82.7 Å². The molecule has 0 bridgehead atoms. The van der Waals surface area contributed by atoms with Crippen LogP contribution in [0.1, 0.15) is 31.9 Å². The average Bonchev–Trinajstić information content (AvgIpc) is 3.51. The molecule has 42 heavy (non-hydrogen) atoms. The Bertz CT molecular complexity index is 1620. The molecule has 1 aliphatic carbocycles. The summed E-state index contributed by atoms with van der Waals surface area (Å²) in [6.07, 6.45) is 12.9. The van der Waals surface area contributed by atoms with Crippen LogP contribution in [0.2, 0.25) is 0 Å². The minimum absolute atomic E-state index is 0.144. The van der Waals surface area contributed by atoms with Crippen molar-refractivity contribution in [2.24, 2.45) is 0 Å². The molecule has 1 amide bonds. The molecule has 0 unspecified atom stereocenters. The Morgan fingerprint density at radius 2 is 1.76 bits per heavy atom. The van der Waals surface area contributed by atoms with Crippen LogP contribution in [0.4, 0.5) is 4.79 Å². The Morgan fingerprint density at radius 3 is 2.43 bits per heavy atom. The molecule has 0 spiro atoms. The van der Waals surface area contributed by atoms with Crippen LogP contribution in [0.15, 0.2) is 66.0 Å². The summed E-state index contributed by atoms with van der Waals surface area (Å²) in [6, 6.07) is 13.6. The van der Waals surface area contributed by atoms with Crippen molar-refractivity contribution in [3.8, 4) is 11.3 Å². The van der Waals surface area contributed by atoms with Gasteiger partial charge in [-0.15, -0.1) is 0 Å². The van der Waals surface area contributed by atoms with Gasteiger partial charge in [-0.3, -0.25) is 4.79 Å². The molecule has 4 aromatic rings. The second kappa shape index (κ2) is 11.6. The number of nitrogens with zero attached hydrogens (tertiary/aromatic N) is 4. The molecule has 10 heteroatoms. The summed E-state index contributed by atoms with van der Waals surface area (Å²) in [4.78, 5) is 35.3. The monoisotopic (exact) mass is 591 g/mol. The zero-order chi connectivity index (χ0) is 30.1. The number of hydrogen-bond donors (Lipinski definition) is 1. The molecule has 1 aliphatic rings. The van der Waals surface area contributed by atoms with E-state index in [9.17, 15) is 9.59 Å². The highest BCUT2D eigenvalue weighted by Crippen LogP contribution is 2.36. The molecule has 0 fully saturated rings. The first kappa shape index (κ1) is 29.8. The van der Waals surface area contributed by atoms with Crippen molar-refractivity contribution < 1.29 is 14.3 Å². The van der Waals surface area contributed by atoms with Crippen molar-refractivity contribution in [2.45, 2.75) is 51.5 Å². The Labute approximate surface area is 248 Å². The topological polar surface area (TPSA) is 100 Å². The number of alkyl carbamates (subject to hydrolysis) is 1. The quantitative estimate of drug-likeness (QED) is 0.277. The van der Waals surface area contributed by atoms with Crippen LogP contribution < -0.4 is 10.9 Å². The first-order valence-electron chi connectivity index (χ1n) is 14.1. The average molecular weight is 592 g/mol. The van der Waals surface area contributed by atoms with Crippen LogP contribution in [0.25, 0.3) is 22.3 Å². The lowest BCUT2D eigenvalue weighted by Gasteiger charge is -2.33. The highest BCUT2D eigenvalue weighted by molar-refractivity contribution is 8.32. The van der Waals surface area contributed by atoms with E-state index in [0.717, 1.165) is 39.2 Å². The van der Waals surface area contributed by atoms with Crippen LogP contribution in [0, 0.1) is 0 Å². The number of aromatic nitrogens is 4. The van der Waals surface area contributed by atoms with E-state index in [1.165, 1.54) is 0 Å². The third kappa shape index (κ3) is 6.71. The van der Waals surface area contributed by atoms with Gasteiger partial charge in [-0.2, -0.15) is 0 Å². The maximum atomic E-state index is 13.5. The fraction of sp³-hybridized carbons (Fsp3) is 0.438. The predicted octanol–water partition coefficient (Wildman–Crippen LogP) is 4.95. The van der Waals surface area contributed by atoms with Gasteiger partial charge in [0.1, 0.15) is 24.3 Å². The largest absolute Gasteiger partial charge is 0.444 e. The number of nitrogens with one attached hydrogen (secondary N) is 1. The highest BCUT2D eigenvalue weighted by Gasteiger charge is 2.40. The number of fused-ring (bicyclic) bond motifs is 2. The Balaban J connectivity index is 1.47. The maximum absolute atomic E-state index is 13.5. The van der Waals surface area contributed by atoms with Gasteiger partial charge >= 0.3 is 6.09 Å². The SMILES string of the molecule is CC(C)(C)OC(=O)NCC1(n2cc(-c3ncnc4c3ccn4COCCS(C)(C)C)ccc2=O)Cc2ccccc2C1. The third-order valence-electron chi connectivity index (χ3n) is 7.44. The van der Waals surface area contributed by atoms with Crippen LogP contribution in [-0.4, -0.2) is 68.5 Å². The lowest BCUT2D eigenvalue weighted by Crippen LogP contribution is -2.50. The predicted molar refractivity (Wildman–Crippen MR) is 169 cm³/mol. The lowest BCUT2D eigenvalue weighted by atomic mass is 9.94.